The van der Waals surface area contributed by atoms with Gasteiger partial charge in [-0.05, 0) is 55.2 Å². The van der Waals surface area contributed by atoms with Crippen molar-refractivity contribution in [1.29, 1.82) is 0 Å². The zero-order valence-corrected chi connectivity index (χ0v) is 14.4. The molecule has 1 aliphatic rings. The number of hydrogen-bond acceptors (Lipinski definition) is 2. The van der Waals surface area contributed by atoms with E-state index in [0.717, 1.165) is 11.0 Å². The van der Waals surface area contributed by atoms with Gasteiger partial charge in [0.15, 0.2) is 0 Å². The molecule has 1 aromatic carbocycles. The molecule has 0 aromatic heterocycles. The zero-order valence-electron chi connectivity index (χ0n) is 10.4. The molecule has 1 aromatic rings. The largest absolute Gasteiger partial charge is 0.299 e. The predicted molar refractivity (Wildman–Crippen MR) is 87.9 cm³/mol. The number of nitrogens with zero attached hydrogens (tertiary/aromatic N) is 1. The molecule has 2 nitrogen and oxygen atoms in total. The summed E-state index contributed by atoms with van der Waals surface area (Å²) < 4.78 is 0.967. The molecule has 0 atom stereocenters. The molecule has 0 saturated carbocycles. The fourth-order valence-electron chi connectivity index (χ4n) is 2.16. The van der Waals surface area contributed by atoms with Gasteiger partial charge in [0.1, 0.15) is 0 Å². The fraction of sp³-hybridized carbons (Fsp3) is 0.462. The maximum atomic E-state index is 11.0. The van der Waals surface area contributed by atoms with Crippen LogP contribution >= 0.6 is 52.3 Å². The summed E-state index contributed by atoms with van der Waals surface area (Å²) >= 11 is 8.95. The van der Waals surface area contributed by atoms with Crippen LogP contribution in [0.15, 0.2) is 22.7 Å². The van der Waals surface area contributed by atoms with Gasteiger partial charge in [0.05, 0.1) is 0 Å². The highest BCUT2D eigenvalue weighted by atomic mass is 79.9. The highest BCUT2D eigenvalue weighted by Crippen LogP contribution is 2.22. The standard InChI is InChI=1S/C13H15BrClNO.2ClH/c14-12-8-10(13(15)17)4-5-11(12)9-16-6-2-1-3-7-16;;/h4-5,8H,1-3,6-7,9H2;2*1H. The monoisotopic (exact) mass is 387 g/mol. The average molecular weight is 390 g/mol. The Labute approximate surface area is 139 Å². The lowest BCUT2D eigenvalue weighted by atomic mass is 10.1. The Morgan fingerprint density at radius 3 is 2.37 bits per heavy atom. The van der Waals surface area contributed by atoms with Crippen LogP contribution in [0.25, 0.3) is 0 Å². The Kier molecular flexibility index (Phi) is 9.29. The third kappa shape index (κ3) is 5.60. The smallest absolute Gasteiger partial charge is 0.252 e. The molecule has 108 valence electrons. The topological polar surface area (TPSA) is 20.3 Å². The van der Waals surface area contributed by atoms with Crippen LogP contribution in [0.2, 0.25) is 0 Å². The number of rotatable bonds is 3. The van der Waals surface area contributed by atoms with Gasteiger partial charge in [-0.2, -0.15) is 0 Å². The minimum atomic E-state index is -0.407. The van der Waals surface area contributed by atoms with Gasteiger partial charge in [-0.25, -0.2) is 0 Å². The van der Waals surface area contributed by atoms with E-state index in [1.807, 2.05) is 6.07 Å². The van der Waals surface area contributed by atoms with Crippen molar-refractivity contribution in [2.75, 3.05) is 13.1 Å². The molecule has 0 unspecified atom stereocenters. The number of hydrogen-bond donors (Lipinski definition) is 0. The van der Waals surface area contributed by atoms with Gasteiger partial charge < -0.3 is 0 Å². The molecule has 0 radical (unpaired) electrons. The Hall–Kier alpha value is 0.200. The van der Waals surface area contributed by atoms with Crippen LogP contribution in [0.1, 0.15) is 35.2 Å². The van der Waals surface area contributed by atoms with Crippen molar-refractivity contribution in [3.05, 3.63) is 33.8 Å². The molecule has 0 N–H and O–H groups in total. The molecule has 0 aliphatic carbocycles. The lowest BCUT2D eigenvalue weighted by molar-refractivity contribution is 0.108. The van der Waals surface area contributed by atoms with Crippen molar-refractivity contribution in [3.63, 3.8) is 0 Å². The Balaban J connectivity index is 0.00000162. The van der Waals surface area contributed by atoms with E-state index >= 15 is 0 Å². The van der Waals surface area contributed by atoms with E-state index in [0.29, 0.717) is 5.56 Å². The molecule has 0 bridgehead atoms. The third-order valence-corrected chi connectivity index (χ3v) is 4.08. The number of carbonyl (C=O) groups excluding carboxylic acids is 1. The molecule has 0 amide bonds. The molecule has 1 aliphatic heterocycles. The second kappa shape index (κ2) is 9.19. The predicted octanol–water partition coefficient (Wildman–Crippen LogP) is 4.66. The molecule has 1 heterocycles. The summed E-state index contributed by atoms with van der Waals surface area (Å²) in [7, 11) is 0. The van der Waals surface area contributed by atoms with E-state index in [-0.39, 0.29) is 24.8 Å². The SMILES string of the molecule is Cl.Cl.O=C(Cl)c1ccc(CN2CCCCC2)c(Br)c1. The maximum Gasteiger partial charge on any atom is 0.252 e. The van der Waals surface area contributed by atoms with Crippen LogP contribution in [0.4, 0.5) is 0 Å². The highest BCUT2D eigenvalue weighted by molar-refractivity contribution is 9.10. The highest BCUT2D eigenvalue weighted by Gasteiger charge is 2.13. The third-order valence-electron chi connectivity index (χ3n) is 3.12. The van der Waals surface area contributed by atoms with Gasteiger partial charge in [0.25, 0.3) is 5.24 Å². The van der Waals surface area contributed by atoms with E-state index in [2.05, 4.69) is 20.8 Å². The first-order chi connectivity index (χ1) is 8.16. The van der Waals surface area contributed by atoms with E-state index in [1.54, 1.807) is 12.1 Å². The molecule has 0 spiro atoms. The van der Waals surface area contributed by atoms with Gasteiger partial charge in [-0.3, -0.25) is 9.69 Å². The second-order valence-corrected chi connectivity index (χ2v) is 5.61. The number of likely N-dealkylation sites (tertiary alicyclic amines) is 1. The van der Waals surface area contributed by atoms with E-state index in [4.69, 9.17) is 11.6 Å². The van der Waals surface area contributed by atoms with Crippen LogP contribution in [0.5, 0.6) is 0 Å². The van der Waals surface area contributed by atoms with Crippen molar-refractivity contribution in [3.8, 4) is 0 Å². The molecular formula is C13H17BrCl3NO. The molecule has 1 fully saturated rings. The molecule has 1 saturated heterocycles. The Bertz CT molecular complexity index is 422. The van der Waals surface area contributed by atoms with Crippen molar-refractivity contribution in [2.45, 2.75) is 25.8 Å². The number of carbonyl (C=O) groups is 1. The first-order valence-corrected chi connectivity index (χ1v) is 7.04. The van der Waals surface area contributed by atoms with Crippen molar-refractivity contribution in [1.82, 2.24) is 4.90 Å². The maximum absolute atomic E-state index is 11.0. The average Bonchev–Trinajstić information content (AvgIpc) is 2.33. The summed E-state index contributed by atoms with van der Waals surface area (Å²) in [5.41, 5.74) is 1.76. The number of benzene rings is 1. The van der Waals surface area contributed by atoms with Crippen LogP contribution in [0, 0.1) is 0 Å². The van der Waals surface area contributed by atoms with Crippen LogP contribution in [0.3, 0.4) is 0 Å². The summed E-state index contributed by atoms with van der Waals surface area (Å²) in [4.78, 5) is 13.5. The second-order valence-electron chi connectivity index (χ2n) is 4.42. The van der Waals surface area contributed by atoms with Gasteiger partial charge in [-0.1, -0.05) is 28.4 Å². The number of piperidine rings is 1. The van der Waals surface area contributed by atoms with Crippen molar-refractivity contribution in [2.24, 2.45) is 0 Å². The zero-order chi connectivity index (χ0) is 12.3. The first kappa shape index (κ1) is 19.2. The summed E-state index contributed by atoms with van der Waals surface area (Å²) in [6, 6.07) is 5.57. The van der Waals surface area contributed by atoms with Crippen molar-refractivity contribution < 1.29 is 4.79 Å². The quantitative estimate of drug-likeness (QED) is 0.701. The van der Waals surface area contributed by atoms with Crippen LogP contribution < -0.4 is 0 Å². The molecule has 19 heavy (non-hydrogen) atoms. The summed E-state index contributed by atoms with van der Waals surface area (Å²) in [5, 5.41) is -0.407. The fourth-order valence-corrected chi connectivity index (χ4v) is 2.78. The van der Waals surface area contributed by atoms with Crippen LogP contribution in [-0.4, -0.2) is 23.2 Å². The lowest BCUT2D eigenvalue weighted by Crippen LogP contribution is -2.29. The van der Waals surface area contributed by atoms with Gasteiger partial charge in [-0.15, -0.1) is 24.8 Å². The minimum absolute atomic E-state index is 0. The first-order valence-electron chi connectivity index (χ1n) is 5.87. The summed E-state index contributed by atoms with van der Waals surface area (Å²) in [6.07, 6.45) is 3.92. The molecule has 6 heteroatoms. The van der Waals surface area contributed by atoms with Gasteiger partial charge in [0.2, 0.25) is 0 Å². The molecule has 2 rings (SSSR count). The Morgan fingerprint density at radius 2 is 1.84 bits per heavy atom. The van der Waals surface area contributed by atoms with E-state index < -0.39 is 5.24 Å². The summed E-state index contributed by atoms with van der Waals surface area (Å²) in [6.45, 7) is 3.28. The van der Waals surface area contributed by atoms with Crippen LogP contribution in [-0.2, 0) is 6.54 Å². The van der Waals surface area contributed by atoms with Gasteiger partial charge >= 0.3 is 0 Å². The number of halogens is 4. The van der Waals surface area contributed by atoms with E-state index in [1.165, 1.54) is 37.9 Å². The lowest BCUT2D eigenvalue weighted by Gasteiger charge is -2.26. The molecular weight excluding hydrogens is 372 g/mol. The van der Waals surface area contributed by atoms with E-state index in [9.17, 15) is 4.79 Å². The van der Waals surface area contributed by atoms with Gasteiger partial charge in [0, 0.05) is 16.6 Å². The minimum Gasteiger partial charge on any atom is -0.299 e. The summed E-state index contributed by atoms with van der Waals surface area (Å²) in [5.74, 6) is 0. The van der Waals surface area contributed by atoms with Crippen molar-refractivity contribution >= 4 is 57.6 Å². The Morgan fingerprint density at radius 1 is 1.21 bits per heavy atom. The normalized spacial score (nSPS) is 15.3.